The predicted octanol–water partition coefficient (Wildman–Crippen LogP) is -0.610. The summed E-state index contributed by atoms with van der Waals surface area (Å²) >= 11 is 0. The average molecular weight is 285 g/mol. The molecule has 116 valence electrons. The number of likely N-dealkylation sites (tertiary alicyclic amines) is 1. The Bertz CT molecular complexity index is 332. The number of piperidine rings is 1. The minimum Gasteiger partial charge on any atom is -0.481 e. The van der Waals surface area contributed by atoms with E-state index in [1.807, 2.05) is 7.05 Å². The van der Waals surface area contributed by atoms with Crippen LogP contribution in [0.1, 0.15) is 12.8 Å². The Kier molecular flexibility index (Phi) is 5.37. The van der Waals surface area contributed by atoms with Crippen LogP contribution in [0.3, 0.4) is 0 Å². The van der Waals surface area contributed by atoms with Crippen molar-refractivity contribution in [3.05, 3.63) is 0 Å². The van der Waals surface area contributed by atoms with Crippen LogP contribution in [-0.2, 0) is 4.79 Å². The van der Waals surface area contributed by atoms with Crippen molar-refractivity contribution in [2.24, 2.45) is 5.92 Å². The van der Waals surface area contributed by atoms with Gasteiger partial charge >= 0.3 is 5.97 Å². The molecule has 0 radical (unpaired) electrons. The van der Waals surface area contributed by atoms with E-state index in [4.69, 9.17) is 5.11 Å². The van der Waals surface area contributed by atoms with Gasteiger partial charge in [-0.05, 0) is 33.5 Å². The highest BCUT2D eigenvalue weighted by molar-refractivity contribution is 5.71. The van der Waals surface area contributed by atoms with Crippen LogP contribution in [0.2, 0.25) is 0 Å². The molecule has 0 aromatic rings. The van der Waals surface area contributed by atoms with Crippen molar-refractivity contribution in [2.75, 3.05) is 53.4 Å². The van der Waals surface area contributed by atoms with Crippen molar-refractivity contribution >= 4 is 5.97 Å². The Hall–Kier alpha value is -0.690. The molecule has 3 atom stereocenters. The summed E-state index contributed by atoms with van der Waals surface area (Å²) in [5.41, 5.74) is 0. The first kappa shape index (κ1) is 15.7. The van der Waals surface area contributed by atoms with Gasteiger partial charge in [-0.15, -0.1) is 0 Å². The molecule has 0 aliphatic carbocycles. The third-order valence-electron chi connectivity index (χ3n) is 4.78. The molecule has 0 aromatic carbocycles. The third kappa shape index (κ3) is 3.91. The number of aliphatic hydroxyl groups excluding tert-OH is 1. The summed E-state index contributed by atoms with van der Waals surface area (Å²) in [6.07, 6.45) is 0.867. The lowest BCUT2D eigenvalue weighted by atomic mass is 9.89. The lowest BCUT2D eigenvalue weighted by Crippen LogP contribution is -2.52. The molecule has 2 saturated heterocycles. The lowest BCUT2D eigenvalue weighted by molar-refractivity contribution is -0.150. The van der Waals surface area contributed by atoms with E-state index in [2.05, 4.69) is 21.7 Å². The summed E-state index contributed by atoms with van der Waals surface area (Å²) in [6, 6.07) is 0.292. The number of aliphatic carboxylic acids is 1. The Morgan fingerprint density at radius 2 is 1.85 bits per heavy atom. The summed E-state index contributed by atoms with van der Waals surface area (Å²) in [5, 5.41) is 19.0. The van der Waals surface area contributed by atoms with Gasteiger partial charge in [0.2, 0.25) is 0 Å². The van der Waals surface area contributed by atoms with Gasteiger partial charge in [-0.2, -0.15) is 0 Å². The van der Waals surface area contributed by atoms with Crippen LogP contribution >= 0.6 is 0 Å². The molecule has 2 aliphatic rings. The molecule has 6 heteroatoms. The maximum absolute atomic E-state index is 11.1. The monoisotopic (exact) mass is 285 g/mol. The smallest absolute Gasteiger partial charge is 0.310 e. The van der Waals surface area contributed by atoms with E-state index in [0.717, 1.165) is 39.1 Å². The molecule has 2 fully saturated rings. The standard InChI is InChI=1S/C14H27N3O3/c1-15-5-7-17(8-6-15)4-3-11-9-13(18)12(14(19)20)10-16(11)2/h11-13,18H,3-10H2,1-2H3,(H,19,20). The van der Waals surface area contributed by atoms with Crippen molar-refractivity contribution in [3.63, 3.8) is 0 Å². The molecular weight excluding hydrogens is 258 g/mol. The number of likely N-dealkylation sites (N-methyl/N-ethyl adjacent to an activating group) is 1. The number of carboxylic acids is 1. The largest absolute Gasteiger partial charge is 0.481 e. The molecule has 3 unspecified atom stereocenters. The van der Waals surface area contributed by atoms with Crippen molar-refractivity contribution < 1.29 is 15.0 Å². The quantitative estimate of drug-likeness (QED) is 0.718. The van der Waals surface area contributed by atoms with Crippen LogP contribution in [0.25, 0.3) is 0 Å². The summed E-state index contributed by atoms with van der Waals surface area (Å²) in [7, 11) is 4.12. The van der Waals surface area contributed by atoms with Gasteiger partial charge < -0.3 is 24.9 Å². The minimum absolute atomic E-state index is 0.292. The molecule has 0 saturated carbocycles. The normalized spacial score (nSPS) is 34.2. The van der Waals surface area contributed by atoms with E-state index in [9.17, 15) is 9.90 Å². The summed E-state index contributed by atoms with van der Waals surface area (Å²) < 4.78 is 0. The first-order chi connectivity index (χ1) is 9.47. The second-order valence-electron chi connectivity index (χ2n) is 6.27. The number of hydrogen-bond acceptors (Lipinski definition) is 5. The molecule has 2 aliphatic heterocycles. The Morgan fingerprint density at radius 3 is 2.45 bits per heavy atom. The summed E-state index contributed by atoms with van der Waals surface area (Å²) in [6.45, 7) is 5.92. The van der Waals surface area contributed by atoms with Crippen molar-refractivity contribution in [1.82, 2.24) is 14.7 Å². The zero-order valence-electron chi connectivity index (χ0n) is 12.5. The first-order valence-corrected chi connectivity index (χ1v) is 7.49. The number of aliphatic hydroxyl groups is 1. The number of hydrogen-bond donors (Lipinski definition) is 2. The molecule has 2 heterocycles. The van der Waals surface area contributed by atoms with Gasteiger partial charge in [0.05, 0.1) is 12.0 Å². The Balaban J connectivity index is 1.77. The number of carbonyl (C=O) groups is 1. The second-order valence-corrected chi connectivity index (χ2v) is 6.27. The van der Waals surface area contributed by atoms with Gasteiger partial charge in [0, 0.05) is 38.8 Å². The average Bonchev–Trinajstić information content (AvgIpc) is 2.41. The van der Waals surface area contributed by atoms with Crippen LogP contribution in [-0.4, -0.2) is 96.4 Å². The third-order valence-corrected chi connectivity index (χ3v) is 4.78. The fraction of sp³-hybridized carbons (Fsp3) is 0.929. The predicted molar refractivity (Wildman–Crippen MR) is 76.7 cm³/mol. The topological polar surface area (TPSA) is 67.2 Å². The molecule has 0 aromatic heterocycles. The molecular formula is C14H27N3O3. The molecule has 2 N–H and O–H groups in total. The van der Waals surface area contributed by atoms with E-state index in [1.165, 1.54) is 0 Å². The highest BCUT2D eigenvalue weighted by Crippen LogP contribution is 2.24. The maximum Gasteiger partial charge on any atom is 0.310 e. The molecule has 0 amide bonds. The van der Waals surface area contributed by atoms with Crippen LogP contribution in [0.4, 0.5) is 0 Å². The minimum atomic E-state index is -0.887. The summed E-state index contributed by atoms with van der Waals surface area (Å²) in [5.74, 6) is -1.53. The van der Waals surface area contributed by atoms with Crippen LogP contribution in [0, 0.1) is 5.92 Å². The highest BCUT2D eigenvalue weighted by atomic mass is 16.4. The molecule has 0 spiro atoms. The molecule has 0 bridgehead atoms. The number of piperazine rings is 1. The SMILES string of the molecule is CN1CCN(CCC2CC(O)C(C(=O)O)CN2C)CC1. The van der Waals surface area contributed by atoms with Crippen molar-refractivity contribution in [3.8, 4) is 0 Å². The second kappa shape index (κ2) is 6.85. The summed E-state index contributed by atoms with van der Waals surface area (Å²) in [4.78, 5) is 18.0. The van der Waals surface area contributed by atoms with Crippen LogP contribution < -0.4 is 0 Å². The van der Waals surface area contributed by atoms with Gasteiger partial charge in [-0.1, -0.05) is 0 Å². The fourth-order valence-electron chi connectivity index (χ4n) is 3.19. The van der Waals surface area contributed by atoms with Gasteiger partial charge in [-0.3, -0.25) is 4.79 Å². The Morgan fingerprint density at radius 1 is 1.20 bits per heavy atom. The fourth-order valence-corrected chi connectivity index (χ4v) is 3.19. The molecule has 6 nitrogen and oxygen atoms in total. The van der Waals surface area contributed by atoms with Crippen molar-refractivity contribution in [2.45, 2.75) is 25.0 Å². The Labute approximate surface area is 121 Å². The van der Waals surface area contributed by atoms with Crippen LogP contribution in [0.15, 0.2) is 0 Å². The van der Waals surface area contributed by atoms with Gasteiger partial charge in [-0.25, -0.2) is 0 Å². The number of rotatable bonds is 4. The zero-order chi connectivity index (χ0) is 14.7. The van der Waals surface area contributed by atoms with E-state index in [1.54, 1.807) is 0 Å². The zero-order valence-corrected chi connectivity index (χ0v) is 12.5. The highest BCUT2D eigenvalue weighted by Gasteiger charge is 2.36. The lowest BCUT2D eigenvalue weighted by Gasteiger charge is -2.40. The van der Waals surface area contributed by atoms with Crippen LogP contribution in [0.5, 0.6) is 0 Å². The number of nitrogens with zero attached hydrogens (tertiary/aromatic N) is 3. The molecule has 2 rings (SSSR count). The maximum atomic E-state index is 11.1. The van der Waals surface area contributed by atoms with Gasteiger partial charge in [0.1, 0.15) is 0 Å². The van der Waals surface area contributed by atoms with E-state index in [0.29, 0.717) is 19.0 Å². The van der Waals surface area contributed by atoms with Gasteiger partial charge in [0.15, 0.2) is 0 Å². The van der Waals surface area contributed by atoms with Crippen molar-refractivity contribution in [1.29, 1.82) is 0 Å². The number of carboxylic acid groups (broad SMARTS) is 1. The van der Waals surface area contributed by atoms with Gasteiger partial charge in [0.25, 0.3) is 0 Å². The van der Waals surface area contributed by atoms with E-state index >= 15 is 0 Å². The van der Waals surface area contributed by atoms with E-state index in [-0.39, 0.29) is 0 Å². The van der Waals surface area contributed by atoms with E-state index < -0.39 is 18.0 Å². The molecule has 20 heavy (non-hydrogen) atoms. The first-order valence-electron chi connectivity index (χ1n) is 7.49.